The van der Waals surface area contributed by atoms with Gasteiger partial charge in [0, 0.05) is 18.1 Å². The molecule has 0 aliphatic heterocycles. The second-order valence-electron chi connectivity index (χ2n) is 3.62. The predicted molar refractivity (Wildman–Crippen MR) is 69.5 cm³/mol. The number of hydrogen-bond donors (Lipinski definition) is 1. The Labute approximate surface area is 101 Å². The van der Waals surface area contributed by atoms with Crippen LogP contribution in [0.3, 0.4) is 0 Å². The number of hydrogen-bond acceptors (Lipinski definition) is 3. The summed E-state index contributed by atoms with van der Waals surface area (Å²) in [5.74, 6) is 0.718. The summed E-state index contributed by atoms with van der Waals surface area (Å²) < 4.78 is 0. The van der Waals surface area contributed by atoms with E-state index in [9.17, 15) is 0 Å². The second-order valence-corrected chi connectivity index (χ2v) is 3.93. The van der Waals surface area contributed by atoms with Crippen LogP contribution in [-0.2, 0) is 12.2 Å². The highest BCUT2D eigenvalue weighted by Crippen LogP contribution is 2.15. The number of aromatic nitrogens is 2. The molecule has 0 radical (unpaired) electrons. The quantitative estimate of drug-likeness (QED) is 0.820. The standard InChI is InChI=1S/C13H14N2S/c1-2-10-3-5-12(14-7-10)13-6-4-11(9-16)8-15-13/h3-8,16H,2,9H2,1H3. The molecule has 2 aromatic heterocycles. The van der Waals surface area contributed by atoms with Gasteiger partial charge in [-0.1, -0.05) is 19.1 Å². The molecule has 2 heterocycles. The van der Waals surface area contributed by atoms with Gasteiger partial charge in [0.2, 0.25) is 0 Å². The molecule has 2 aromatic rings. The van der Waals surface area contributed by atoms with Crippen molar-refractivity contribution in [3.8, 4) is 11.4 Å². The maximum atomic E-state index is 4.39. The summed E-state index contributed by atoms with van der Waals surface area (Å²) in [6.07, 6.45) is 4.76. The number of nitrogens with zero attached hydrogens (tertiary/aromatic N) is 2. The fourth-order valence-electron chi connectivity index (χ4n) is 1.45. The lowest BCUT2D eigenvalue weighted by atomic mass is 10.2. The van der Waals surface area contributed by atoms with Gasteiger partial charge in [0.1, 0.15) is 0 Å². The van der Waals surface area contributed by atoms with E-state index in [1.165, 1.54) is 5.56 Å². The van der Waals surface area contributed by atoms with Gasteiger partial charge in [0.05, 0.1) is 11.4 Å². The monoisotopic (exact) mass is 230 g/mol. The van der Waals surface area contributed by atoms with Gasteiger partial charge in [0.15, 0.2) is 0 Å². The van der Waals surface area contributed by atoms with Crippen molar-refractivity contribution < 1.29 is 0 Å². The van der Waals surface area contributed by atoms with Gasteiger partial charge in [-0.25, -0.2) is 0 Å². The molecule has 0 saturated heterocycles. The first kappa shape index (κ1) is 11.1. The fraction of sp³-hybridized carbons (Fsp3) is 0.231. The summed E-state index contributed by atoms with van der Waals surface area (Å²) in [5.41, 5.74) is 4.20. The summed E-state index contributed by atoms with van der Waals surface area (Å²) in [7, 11) is 0. The molecular weight excluding hydrogens is 216 g/mol. The molecule has 16 heavy (non-hydrogen) atoms. The van der Waals surface area contributed by atoms with Gasteiger partial charge >= 0.3 is 0 Å². The zero-order chi connectivity index (χ0) is 11.4. The molecule has 0 amide bonds. The van der Waals surface area contributed by atoms with Crippen molar-refractivity contribution in [2.24, 2.45) is 0 Å². The Morgan fingerprint density at radius 3 is 1.88 bits per heavy atom. The molecule has 3 heteroatoms. The highest BCUT2D eigenvalue weighted by atomic mass is 32.1. The van der Waals surface area contributed by atoms with Crippen molar-refractivity contribution in [3.05, 3.63) is 47.8 Å². The third-order valence-electron chi connectivity index (χ3n) is 2.50. The van der Waals surface area contributed by atoms with Crippen LogP contribution in [-0.4, -0.2) is 9.97 Å². The third-order valence-corrected chi connectivity index (χ3v) is 2.87. The van der Waals surface area contributed by atoms with E-state index in [1.54, 1.807) is 0 Å². The average Bonchev–Trinajstić information content (AvgIpc) is 2.39. The van der Waals surface area contributed by atoms with Crippen LogP contribution >= 0.6 is 12.6 Å². The Morgan fingerprint density at radius 2 is 1.50 bits per heavy atom. The molecular formula is C13H14N2S. The van der Waals surface area contributed by atoms with E-state index in [-0.39, 0.29) is 0 Å². The molecule has 0 N–H and O–H groups in total. The molecule has 82 valence electrons. The third kappa shape index (κ3) is 2.42. The van der Waals surface area contributed by atoms with Crippen LogP contribution < -0.4 is 0 Å². The summed E-state index contributed by atoms with van der Waals surface area (Å²) in [6, 6.07) is 8.13. The van der Waals surface area contributed by atoms with Crippen LogP contribution in [0.2, 0.25) is 0 Å². The second kappa shape index (κ2) is 5.12. The van der Waals surface area contributed by atoms with E-state index in [2.05, 4.69) is 35.6 Å². The molecule has 0 aliphatic carbocycles. The lowest BCUT2D eigenvalue weighted by molar-refractivity contribution is 1.10. The molecule has 0 saturated carbocycles. The largest absolute Gasteiger partial charge is 0.254 e. The molecule has 0 atom stereocenters. The van der Waals surface area contributed by atoms with Gasteiger partial charge in [-0.15, -0.1) is 0 Å². The van der Waals surface area contributed by atoms with Crippen molar-refractivity contribution in [3.63, 3.8) is 0 Å². The Bertz CT molecular complexity index is 403. The topological polar surface area (TPSA) is 25.8 Å². The van der Waals surface area contributed by atoms with Crippen LogP contribution in [0.5, 0.6) is 0 Å². The first-order chi connectivity index (χ1) is 7.83. The number of pyridine rings is 2. The van der Waals surface area contributed by atoms with Gasteiger partial charge in [-0.2, -0.15) is 12.6 Å². The van der Waals surface area contributed by atoms with E-state index in [4.69, 9.17) is 0 Å². The molecule has 0 bridgehead atoms. The smallest absolute Gasteiger partial charge is 0.0886 e. The van der Waals surface area contributed by atoms with E-state index in [0.29, 0.717) is 0 Å². The summed E-state index contributed by atoms with van der Waals surface area (Å²) in [5, 5.41) is 0. The van der Waals surface area contributed by atoms with Crippen molar-refractivity contribution in [2.75, 3.05) is 0 Å². The van der Waals surface area contributed by atoms with Crippen molar-refractivity contribution in [1.29, 1.82) is 0 Å². The van der Waals surface area contributed by atoms with Gasteiger partial charge in [0.25, 0.3) is 0 Å². The summed E-state index contributed by atoms with van der Waals surface area (Å²) >= 11 is 4.20. The summed E-state index contributed by atoms with van der Waals surface area (Å²) in [4.78, 5) is 8.76. The maximum absolute atomic E-state index is 4.39. The lowest BCUT2D eigenvalue weighted by Crippen LogP contribution is -1.90. The van der Waals surface area contributed by atoms with Crippen LogP contribution in [0.15, 0.2) is 36.7 Å². The maximum Gasteiger partial charge on any atom is 0.0886 e. The van der Waals surface area contributed by atoms with Crippen LogP contribution in [0.1, 0.15) is 18.1 Å². The highest BCUT2D eigenvalue weighted by Gasteiger charge is 2.00. The minimum atomic E-state index is 0.718. The van der Waals surface area contributed by atoms with Gasteiger partial charge < -0.3 is 0 Å². The lowest BCUT2D eigenvalue weighted by Gasteiger charge is -2.02. The Morgan fingerprint density at radius 1 is 0.938 bits per heavy atom. The SMILES string of the molecule is CCc1ccc(-c2ccc(CS)cn2)nc1. The van der Waals surface area contributed by atoms with Gasteiger partial charge in [-0.3, -0.25) is 9.97 Å². The minimum Gasteiger partial charge on any atom is -0.254 e. The fourth-order valence-corrected chi connectivity index (χ4v) is 1.64. The first-order valence-electron chi connectivity index (χ1n) is 5.34. The van der Waals surface area contributed by atoms with Crippen molar-refractivity contribution in [1.82, 2.24) is 9.97 Å². The van der Waals surface area contributed by atoms with Crippen LogP contribution in [0.25, 0.3) is 11.4 Å². The molecule has 0 spiro atoms. The average molecular weight is 230 g/mol. The summed E-state index contributed by atoms with van der Waals surface area (Å²) in [6.45, 7) is 2.12. The Kier molecular flexibility index (Phi) is 3.57. The number of aryl methyl sites for hydroxylation is 1. The van der Waals surface area contributed by atoms with E-state index < -0.39 is 0 Å². The zero-order valence-electron chi connectivity index (χ0n) is 9.22. The van der Waals surface area contributed by atoms with E-state index in [0.717, 1.165) is 29.1 Å². The van der Waals surface area contributed by atoms with Crippen molar-refractivity contribution in [2.45, 2.75) is 19.1 Å². The Hall–Kier alpha value is -1.35. The van der Waals surface area contributed by atoms with Crippen LogP contribution in [0, 0.1) is 0 Å². The molecule has 0 unspecified atom stereocenters. The number of rotatable bonds is 3. The molecule has 2 nitrogen and oxygen atoms in total. The normalized spacial score (nSPS) is 10.4. The highest BCUT2D eigenvalue weighted by molar-refractivity contribution is 7.79. The van der Waals surface area contributed by atoms with Crippen molar-refractivity contribution >= 4 is 12.6 Å². The minimum absolute atomic E-state index is 0.718. The number of thiol groups is 1. The predicted octanol–water partition coefficient (Wildman–Crippen LogP) is 3.14. The van der Waals surface area contributed by atoms with Crippen LogP contribution in [0.4, 0.5) is 0 Å². The van der Waals surface area contributed by atoms with Gasteiger partial charge in [-0.05, 0) is 29.7 Å². The molecule has 0 aliphatic rings. The van der Waals surface area contributed by atoms with E-state index >= 15 is 0 Å². The first-order valence-corrected chi connectivity index (χ1v) is 5.98. The molecule has 0 fully saturated rings. The Balaban J connectivity index is 2.28. The zero-order valence-corrected chi connectivity index (χ0v) is 10.1. The molecule has 2 rings (SSSR count). The van der Waals surface area contributed by atoms with E-state index in [1.807, 2.05) is 30.6 Å². The molecule has 0 aromatic carbocycles.